The van der Waals surface area contributed by atoms with Crippen LogP contribution in [-0.4, -0.2) is 10.7 Å². The number of hydrogen-bond acceptors (Lipinski definition) is 2. The zero-order chi connectivity index (χ0) is 13.9. The molecule has 98 valence electrons. The molecule has 0 aliphatic carbocycles. The molecule has 2 heteroatoms. The molecule has 2 atom stereocenters. The smallest absolute Gasteiger partial charge is 0.105 e. The van der Waals surface area contributed by atoms with Crippen molar-refractivity contribution in [1.29, 1.82) is 0 Å². The summed E-state index contributed by atoms with van der Waals surface area (Å²) in [6, 6.07) is 5.98. The second-order valence-electron chi connectivity index (χ2n) is 5.14. The number of nitrogens with two attached hydrogens (primary N) is 1. The molecule has 0 aromatic heterocycles. The second kappa shape index (κ2) is 5.51. The molecule has 0 radical (unpaired) electrons. The summed E-state index contributed by atoms with van der Waals surface area (Å²) in [7, 11) is 0. The van der Waals surface area contributed by atoms with E-state index in [0.29, 0.717) is 12.0 Å². The molecule has 0 bridgehead atoms. The third kappa shape index (κ3) is 3.31. The van der Waals surface area contributed by atoms with Gasteiger partial charge in [-0.2, -0.15) is 0 Å². The van der Waals surface area contributed by atoms with Crippen molar-refractivity contribution in [3.05, 3.63) is 59.7 Å². The molecular formula is C16H23NO. The number of hydrogen-bond donors (Lipinski definition) is 2. The molecule has 0 spiro atoms. The molecule has 3 N–H and O–H groups in total. The van der Waals surface area contributed by atoms with Crippen LogP contribution in [0, 0.1) is 13.8 Å². The minimum atomic E-state index is -1.10. The van der Waals surface area contributed by atoms with E-state index in [-0.39, 0.29) is 6.04 Å². The van der Waals surface area contributed by atoms with Gasteiger partial charge in [-0.1, -0.05) is 48.6 Å². The lowest BCUT2D eigenvalue weighted by molar-refractivity contribution is 0.112. The molecule has 0 aliphatic rings. The average molecular weight is 245 g/mol. The van der Waals surface area contributed by atoms with Crippen LogP contribution in [0.4, 0.5) is 0 Å². The highest BCUT2D eigenvalue weighted by Crippen LogP contribution is 2.28. The Morgan fingerprint density at radius 2 is 1.89 bits per heavy atom. The Bertz CT molecular complexity index is 444. The number of benzene rings is 1. The predicted octanol–water partition coefficient (Wildman–Crippen LogP) is 3.19. The summed E-state index contributed by atoms with van der Waals surface area (Å²) in [5, 5.41) is 10.4. The quantitative estimate of drug-likeness (QED) is 0.783. The monoisotopic (exact) mass is 245 g/mol. The lowest BCUT2D eigenvalue weighted by atomic mass is 9.86. The number of rotatable bonds is 5. The molecule has 0 saturated carbocycles. The zero-order valence-electron chi connectivity index (χ0n) is 11.5. The van der Waals surface area contributed by atoms with Crippen LogP contribution in [-0.2, 0) is 0 Å². The van der Waals surface area contributed by atoms with Gasteiger partial charge in [0, 0.05) is 12.5 Å². The van der Waals surface area contributed by atoms with Gasteiger partial charge < -0.3 is 10.8 Å². The Labute approximate surface area is 110 Å². The average Bonchev–Trinajstić information content (AvgIpc) is 2.27. The minimum absolute atomic E-state index is 0.233. The van der Waals surface area contributed by atoms with Gasteiger partial charge in [-0.15, -0.1) is 0 Å². The van der Waals surface area contributed by atoms with Crippen LogP contribution >= 0.6 is 0 Å². The summed E-state index contributed by atoms with van der Waals surface area (Å²) in [6.07, 6.45) is 1.91. The Hall–Kier alpha value is -1.38. The fraction of sp³-hybridized carbons (Fsp3) is 0.375. The van der Waals surface area contributed by atoms with Crippen molar-refractivity contribution in [3.63, 3.8) is 0 Å². The number of aliphatic hydroxyl groups is 1. The lowest BCUT2D eigenvalue weighted by Crippen LogP contribution is -2.32. The highest BCUT2D eigenvalue weighted by atomic mass is 16.3. The molecular weight excluding hydrogens is 222 g/mol. The van der Waals surface area contributed by atoms with Gasteiger partial charge in [-0.25, -0.2) is 0 Å². The highest BCUT2D eigenvalue weighted by molar-refractivity contribution is 5.32. The molecule has 0 fully saturated rings. The van der Waals surface area contributed by atoms with Gasteiger partial charge in [0.1, 0.15) is 5.60 Å². The minimum Gasteiger partial charge on any atom is -0.381 e. The second-order valence-corrected chi connectivity index (χ2v) is 5.14. The Morgan fingerprint density at radius 3 is 2.28 bits per heavy atom. The molecule has 2 unspecified atom stereocenters. The van der Waals surface area contributed by atoms with Gasteiger partial charge in [-0.3, -0.25) is 0 Å². The first-order valence-electron chi connectivity index (χ1n) is 6.14. The van der Waals surface area contributed by atoms with E-state index >= 15 is 0 Å². The van der Waals surface area contributed by atoms with Crippen LogP contribution in [0.3, 0.4) is 0 Å². The van der Waals surface area contributed by atoms with Crippen molar-refractivity contribution in [1.82, 2.24) is 0 Å². The van der Waals surface area contributed by atoms with E-state index in [1.54, 1.807) is 6.92 Å². The van der Waals surface area contributed by atoms with Crippen molar-refractivity contribution in [2.45, 2.75) is 38.8 Å². The summed E-state index contributed by atoms with van der Waals surface area (Å²) in [6.45, 7) is 13.3. The van der Waals surface area contributed by atoms with Gasteiger partial charge in [0.05, 0.1) is 0 Å². The van der Waals surface area contributed by atoms with Crippen molar-refractivity contribution >= 4 is 0 Å². The normalized spacial score (nSPS) is 15.8. The van der Waals surface area contributed by atoms with E-state index in [0.717, 1.165) is 5.56 Å². The molecule has 0 aliphatic heterocycles. The Balaban J connectivity index is 2.97. The van der Waals surface area contributed by atoms with E-state index in [4.69, 9.17) is 5.73 Å². The standard InChI is InChI=1S/C16H23NO/c1-6-16(18,11(2)3)10-15(17)14-8-12(4)7-13(5)9-14/h6-9,15,18H,1-2,10,17H2,3-5H3. The first kappa shape index (κ1) is 14.7. The van der Waals surface area contributed by atoms with Crippen LogP contribution in [0.5, 0.6) is 0 Å². The number of aryl methyl sites for hydroxylation is 2. The molecule has 1 aromatic carbocycles. The highest BCUT2D eigenvalue weighted by Gasteiger charge is 2.27. The molecule has 2 nitrogen and oxygen atoms in total. The van der Waals surface area contributed by atoms with Gasteiger partial charge in [0.15, 0.2) is 0 Å². The first-order chi connectivity index (χ1) is 8.28. The van der Waals surface area contributed by atoms with Crippen LogP contribution in [0.1, 0.15) is 36.1 Å². The van der Waals surface area contributed by atoms with Crippen LogP contribution < -0.4 is 5.73 Å². The van der Waals surface area contributed by atoms with E-state index in [1.807, 2.05) is 13.8 Å². The van der Waals surface area contributed by atoms with Crippen LogP contribution in [0.2, 0.25) is 0 Å². The first-order valence-corrected chi connectivity index (χ1v) is 6.14. The third-order valence-corrected chi connectivity index (χ3v) is 3.28. The van der Waals surface area contributed by atoms with Crippen molar-refractivity contribution in [2.24, 2.45) is 5.73 Å². The van der Waals surface area contributed by atoms with Crippen LogP contribution in [0.15, 0.2) is 43.0 Å². The fourth-order valence-corrected chi connectivity index (χ4v) is 2.11. The van der Waals surface area contributed by atoms with E-state index in [9.17, 15) is 5.11 Å². The maximum Gasteiger partial charge on any atom is 0.105 e. The predicted molar refractivity (Wildman–Crippen MR) is 77.4 cm³/mol. The van der Waals surface area contributed by atoms with Crippen LogP contribution in [0.25, 0.3) is 0 Å². The summed E-state index contributed by atoms with van der Waals surface area (Å²) in [4.78, 5) is 0. The third-order valence-electron chi connectivity index (χ3n) is 3.28. The lowest BCUT2D eigenvalue weighted by Gasteiger charge is -2.28. The molecule has 0 amide bonds. The summed E-state index contributed by atoms with van der Waals surface area (Å²) >= 11 is 0. The van der Waals surface area contributed by atoms with Crippen molar-refractivity contribution in [3.8, 4) is 0 Å². The summed E-state index contributed by atoms with van der Waals surface area (Å²) in [5.74, 6) is 0. The van der Waals surface area contributed by atoms with E-state index < -0.39 is 5.60 Å². The van der Waals surface area contributed by atoms with Gasteiger partial charge in [0.2, 0.25) is 0 Å². The molecule has 18 heavy (non-hydrogen) atoms. The largest absolute Gasteiger partial charge is 0.381 e. The maximum atomic E-state index is 10.4. The Morgan fingerprint density at radius 1 is 1.39 bits per heavy atom. The van der Waals surface area contributed by atoms with Crippen molar-refractivity contribution < 1.29 is 5.11 Å². The summed E-state index contributed by atoms with van der Waals surface area (Å²) < 4.78 is 0. The van der Waals surface area contributed by atoms with Gasteiger partial charge >= 0.3 is 0 Å². The topological polar surface area (TPSA) is 46.2 Å². The Kier molecular flexibility index (Phi) is 4.49. The van der Waals surface area contributed by atoms with Crippen molar-refractivity contribution in [2.75, 3.05) is 0 Å². The molecule has 0 saturated heterocycles. The maximum absolute atomic E-state index is 10.4. The zero-order valence-corrected chi connectivity index (χ0v) is 11.5. The molecule has 1 rings (SSSR count). The SMILES string of the molecule is C=CC(O)(CC(N)c1cc(C)cc(C)c1)C(=C)C. The summed E-state index contributed by atoms with van der Waals surface area (Å²) in [5.41, 5.74) is 9.14. The fourth-order valence-electron chi connectivity index (χ4n) is 2.11. The van der Waals surface area contributed by atoms with E-state index in [1.165, 1.54) is 17.2 Å². The van der Waals surface area contributed by atoms with Gasteiger partial charge in [-0.05, 0) is 31.9 Å². The van der Waals surface area contributed by atoms with E-state index in [2.05, 4.69) is 31.4 Å². The van der Waals surface area contributed by atoms with Gasteiger partial charge in [0.25, 0.3) is 0 Å². The molecule has 0 heterocycles. The molecule has 1 aromatic rings.